The second-order valence-corrected chi connectivity index (χ2v) is 7.50. The number of hydrogen-bond donors (Lipinski definition) is 2. The van der Waals surface area contributed by atoms with Gasteiger partial charge in [-0.2, -0.15) is 0 Å². The molecule has 0 amide bonds. The van der Waals surface area contributed by atoms with E-state index in [1.165, 1.54) is 0 Å². The van der Waals surface area contributed by atoms with Crippen LogP contribution in [0.1, 0.15) is 41.0 Å². The fourth-order valence-electron chi connectivity index (χ4n) is 1.11. The topological polar surface area (TPSA) is 58.2 Å². The van der Waals surface area contributed by atoms with Crippen LogP contribution in [0.15, 0.2) is 0 Å². The van der Waals surface area contributed by atoms with Gasteiger partial charge < -0.3 is 5.32 Å². The Bertz CT molecular complexity index is 279. The summed E-state index contributed by atoms with van der Waals surface area (Å²) in [6.07, 6.45) is 0.710. The number of rotatable bonds is 7. The van der Waals surface area contributed by atoms with Crippen LogP contribution in [0.25, 0.3) is 0 Å². The van der Waals surface area contributed by atoms with Gasteiger partial charge in [-0.25, -0.2) is 13.1 Å². The van der Waals surface area contributed by atoms with E-state index in [-0.39, 0.29) is 11.3 Å². The lowest BCUT2D eigenvalue weighted by Crippen LogP contribution is -2.41. The summed E-state index contributed by atoms with van der Waals surface area (Å²) in [6.45, 7) is 11.3. The summed E-state index contributed by atoms with van der Waals surface area (Å²) in [7, 11) is -3.08. The van der Waals surface area contributed by atoms with Crippen LogP contribution >= 0.6 is 0 Å². The quantitative estimate of drug-likeness (QED) is 0.670. The van der Waals surface area contributed by atoms with E-state index in [0.29, 0.717) is 25.4 Å². The minimum Gasteiger partial charge on any atom is -0.311 e. The summed E-state index contributed by atoms with van der Waals surface area (Å²) in [5, 5.41) is 3.23. The third-order valence-electron chi connectivity index (χ3n) is 2.07. The highest BCUT2D eigenvalue weighted by Gasteiger charge is 2.12. The van der Waals surface area contributed by atoms with Gasteiger partial charge in [0, 0.05) is 18.6 Å². The molecule has 0 aliphatic heterocycles. The molecule has 0 aliphatic rings. The van der Waals surface area contributed by atoms with Gasteiger partial charge in [0.25, 0.3) is 0 Å². The Morgan fingerprint density at radius 3 is 2.12 bits per heavy atom. The first-order valence-electron chi connectivity index (χ1n) is 5.85. The zero-order valence-corrected chi connectivity index (χ0v) is 11.9. The molecular weight excluding hydrogens is 224 g/mol. The molecule has 98 valence electrons. The highest BCUT2D eigenvalue weighted by molar-refractivity contribution is 7.89. The minimum absolute atomic E-state index is 0.0311. The predicted molar refractivity (Wildman–Crippen MR) is 69.0 cm³/mol. The third-order valence-corrected chi connectivity index (χ3v) is 3.48. The second-order valence-electron chi connectivity index (χ2n) is 5.57. The third kappa shape index (κ3) is 10.4. The van der Waals surface area contributed by atoms with Gasteiger partial charge in [-0.05, 0) is 33.1 Å². The van der Waals surface area contributed by atoms with Crippen LogP contribution in [0.5, 0.6) is 0 Å². The first-order valence-corrected chi connectivity index (χ1v) is 7.50. The molecule has 0 aromatic carbocycles. The monoisotopic (exact) mass is 250 g/mol. The molecule has 0 aliphatic carbocycles. The minimum atomic E-state index is -3.08. The summed E-state index contributed by atoms with van der Waals surface area (Å²) in [4.78, 5) is 0. The van der Waals surface area contributed by atoms with Crippen molar-refractivity contribution in [2.24, 2.45) is 5.92 Å². The van der Waals surface area contributed by atoms with Crippen LogP contribution in [0.4, 0.5) is 0 Å². The normalized spacial score (nSPS) is 13.4. The second kappa shape index (κ2) is 6.57. The highest BCUT2D eigenvalue weighted by atomic mass is 32.2. The zero-order chi connectivity index (χ0) is 12.8. The highest BCUT2D eigenvalue weighted by Crippen LogP contribution is 2.01. The Kier molecular flexibility index (Phi) is 6.51. The van der Waals surface area contributed by atoms with Gasteiger partial charge in [0.05, 0.1) is 5.75 Å². The van der Waals surface area contributed by atoms with E-state index in [1.54, 1.807) is 0 Å². The zero-order valence-electron chi connectivity index (χ0n) is 11.1. The lowest BCUT2D eigenvalue weighted by molar-refractivity contribution is 0.428. The molecule has 0 fully saturated rings. The molecule has 0 heterocycles. The number of nitrogens with one attached hydrogen (secondary N) is 2. The lowest BCUT2D eigenvalue weighted by atomic mass is 10.1. The van der Waals surface area contributed by atoms with Crippen molar-refractivity contribution in [3.63, 3.8) is 0 Å². The van der Waals surface area contributed by atoms with E-state index < -0.39 is 10.0 Å². The summed E-state index contributed by atoms with van der Waals surface area (Å²) in [6, 6.07) is 0. The van der Waals surface area contributed by atoms with Crippen molar-refractivity contribution in [3.05, 3.63) is 0 Å². The fraction of sp³-hybridized carbons (Fsp3) is 1.00. The van der Waals surface area contributed by atoms with E-state index in [9.17, 15) is 8.42 Å². The van der Waals surface area contributed by atoms with Crippen LogP contribution in [0, 0.1) is 5.92 Å². The molecule has 0 saturated carbocycles. The molecule has 0 aromatic rings. The maximum atomic E-state index is 11.5. The van der Waals surface area contributed by atoms with Crippen molar-refractivity contribution < 1.29 is 8.42 Å². The van der Waals surface area contributed by atoms with Crippen molar-refractivity contribution in [2.75, 3.05) is 18.8 Å². The molecule has 0 atom stereocenters. The van der Waals surface area contributed by atoms with Gasteiger partial charge in [-0.1, -0.05) is 13.8 Å². The lowest BCUT2D eigenvalue weighted by Gasteiger charge is -2.20. The van der Waals surface area contributed by atoms with Gasteiger partial charge in [0.15, 0.2) is 0 Å². The van der Waals surface area contributed by atoms with E-state index >= 15 is 0 Å². The van der Waals surface area contributed by atoms with E-state index in [1.807, 2.05) is 13.8 Å². The summed E-state index contributed by atoms with van der Waals surface area (Å²) < 4.78 is 25.6. The molecule has 0 unspecified atom stereocenters. The molecule has 0 spiro atoms. The first kappa shape index (κ1) is 15.9. The molecular formula is C11H26N2O2S. The van der Waals surface area contributed by atoms with Crippen molar-refractivity contribution in [2.45, 2.75) is 46.6 Å². The Balaban J connectivity index is 3.75. The summed E-state index contributed by atoms with van der Waals surface area (Å²) in [5.74, 6) is 0.643. The molecule has 0 rings (SSSR count). The van der Waals surface area contributed by atoms with Gasteiger partial charge in [-0.3, -0.25) is 0 Å². The van der Waals surface area contributed by atoms with Gasteiger partial charge >= 0.3 is 0 Å². The molecule has 0 bridgehead atoms. The average molecular weight is 250 g/mol. The van der Waals surface area contributed by atoms with Crippen molar-refractivity contribution in [3.8, 4) is 0 Å². The largest absolute Gasteiger partial charge is 0.311 e. The van der Waals surface area contributed by atoms with Crippen molar-refractivity contribution in [1.29, 1.82) is 0 Å². The average Bonchev–Trinajstić information content (AvgIpc) is 2.08. The molecule has 0 saturated heterocycles. The molecule has 5 heteroatoms. The maximum Gasteiger partial charge on any atom is 0.211 e. The standard InChI is InChI=1S/C11H26N2O2S/c1-10(2)6-9-16(14,15)13-8-7-12-11(3,4)5/h10,12-13H,6-9H2,1-5H3. The van der Waals surface area contributed by atoms with Crippen LogP contribution in [0.3, 0.4) is 0 Å². The van der Waals surface area contributed by atoms with E-state index in [0.717, 1.165) is 0 Å². The van der Waals surface area contributed by atoms with Gasteiger partial charge in [0.2, 0.25) is 10.0 Å². The van der Waals surface area contributed by atoms with E-state index in [2.05, 4.69) is 30.8 Å². The first-order chi connectivity index (χ1) is 7.12. The predicted octanol–water partition coefficient (Wildman–Crippen LogP) is 1.34. The van der Waals surface area contributed by atoms with Crippen LogP contribution in [-0.4, -0.2) is 32.8 Å². The van der Waals surface area contributed by atoms with Crippen LogP contribution in [-0.2, 0) is 10.0 Å². The number of hydrogen-bond acceptors (Lipinski definition) is 3. The molecule has 16 heavy (non-hydrogen) atoms. The Labute approximate surface area is 100 Å². The van der Waals surface area contributed by atoms with Gasteiger partial charge in [-0.15, -0.1) is 0 Å². The smallest absolute Gasteiger partial charge is 0.211 e. The Morgan fingerprint density at radius 2 is 1.69 bits per heavy atom. The summed E-state index contributed by atoms with van der Waals surface area (Å²) in [5.41, 5.74) is 0.0311. The molecule has 0 radical (unpaired) electrons. The molecule has 0 aromatic heterocycles. The molecule has 4 nitrogen and oxygen atoms in total. The maximum absolute atomic E-state index is 11.5. The van der Waals surface area contributed by atoms with Crippen LogP contribution in [0.2, 0.25) is 0 Å². The number of sulfonamides is 1. The Morgan fingerprint density at radius 1 is 1.12 bits per heavy atom. The fourth-order valence-corrected chi connectivity index (χ4v) is 2.45. The van der Waals surface area contributed by atoms with Gasteiger partial charge in [0.1, 0.15) is 0 Å². The van der Waals surface area contributed by atoms with Crippen molar-refractivity contribution >= 4 is 10.0 Å². The van der Waals surface area contributed by atoms with E-state index in [4.69, 9.17) is 0 Å². The Hall–Kier alpha value is -0.130. The molecule has 2 N–H and O–H groups in total. The van der Waals surface area contributed by atoms with Crippen LogP contribution < -0.4 is 10.0 Å². The SMILES string of the molecule is CC(C)CCS(=O)(=O)NCCNC(C)(C)C. The van der Waals surface area contributed by atoms with Crippen molar-refractivity contribution in [1.82, 2.24) is 10.0 Å². The summed E-state index contributed by atoms with van der Waals surface area (Å²) >= 11 is 0.